The minimum Gasteiger partial charge on any atom is -0.381 e. The van der Waals surface area contributed by atoms with Crippen molar-refractivity contribution in [1.29, 1.82) is 0 Å². The number of amides is 2. The number of hydrogen-bond donors (Lipinski definition) is 1. The number of nitrogens with zero attached hydrogens (tertiary/aromatic N) is 1. The lowest BCUT2D eigenvalue weighted by Crippen LogP contribution is -2.33. The molecule has 0 aromatic heterocycles. The molecule has 0 bridgehead atoms. The molecule has 1 N–H and O–H groups in total. The van der Waals surface area contributed by atoms with E-state index in [1.165, 1.54) is 24.3 Å². The fourth-order valence-corrected chi connectivity index (χ4v) is 3.42. The Balaban J connectivity index is 1.51. The van der Waals surface area contributed by atoms with Crippen LogP contribution >= 0.6 is 0 Å². The summed E-state index contributed by atoms with van der Waals surface area (Å²) in [5.41, 5.74) is 0.696. The average Bonchev–Trinajstić information content (AvgIpc) is 3.18. The number of hydrogen-bond acceptors (Lipinski definition) is 2. The fourth-order valence-electron chi connectivity index (χ4n) is 3.42. The zero-order valence-electron chi connectivity index (χ0n) is 13.3. The number of rotatable bonds is 3. The summed E-state index contributed by atoms with van der Waals surface area (Å²) in [6.45, 7) is 3.00. The van der Waals surface area contributed by atoms with E-state index in [0.29, 0.717) is 30.6 Å². The number of benzene rings is 1. The Labute approximate surface area is 139 Å². The van der Waals surface area contributed by atoms with E-state index in [2.05, 4.69) is 5.32 Å². The molecule has 0 spiro atoms. The zero-order chi connectivity index (χ0) is 17.2. The molecule has 2 aliphatic rings. The van der Waals surface area contributed by atoms with Crippen LogP contribution in [-0.2, 0) is 11.2 Å². The van der Waals surface area contributed by atoms with Crippen LogP contribution in [0.1, 0.15) is 18.4 Å². The van der Waals surface area contributed by atoms with Crippen molar-refractivity contribution in [1.82, 2.24) is 4.90 Å². The number of likely N-dealkylation sites (tertiary alicyclic amines) is 1. The highest BCUT2D eigenvalue weighted by Crippen LogP contribution is 2.30. The number of ether oxygens (including phenoxy) is 1. The summed E-state index contributed by atoms with van der Waals surface area (Å²) in [6, 6.07) is 5.62. The van der Waals surface area contributed by atoms with Gasteiger partial charge in [0.15, 0.2) is 0 Å². The number of carbonyl (C=O) groups excluding carboxylic acids is 1. The SMILES string of the molecule is O=C(Nc1ccc(CC(F)(F)F)cc1)N1CCC(C2CCOC2)C1. The highest BCUT2D eigenvalue weighted by atomic mass is 19.4. The molecule has 0 aliphatic carbocycles. The van der Waals surface area contributed by atoms with Crippen LogP contribution in [0.25, 0.3) is 0 Å². The van der Waals surface area contributed by atoms with Gasteiger partial charge >= 0.3 is 12.2 Å². The molecule has 2 aliphatic heterocycles. The van der Waals surface area contributed by atoms with E-state index in [0.717, 1.165) is 26.1 Å². The maximum atomic E-state index is 12.3. The molecule has 0 saturated carbocycles. The number of nitrogens with one attached hydrogen (secondary N) is 1. The van der Waals surface area contributed by atoms with Crippen LogP contribution in [-0.4, -0.2) is 43.4 Å². The smallest absolute Gasteiger partial charge is 0.381 e. The first kappa shape index (κ1) is 17.1. The van der Waals surface area contributed by atoms with Crippen LogP contribution < -0.4 is 5.32 Å². The summed E-state index contributed by atoms with van der Waals surface area (Å²) in [5, 5.41) is 2.76. The molecule has 2 fully saturated rings. The minimum atomic E-state index is -4.22. The van der Waals surface area contributed by atoms with Gasteiger partial charge in [-0.15, -0.1) is 0 Å². The maximum absolute atomic E-state index is 12.3. The zero-order valence-corrected chi connectivity index (χ0v) is 13.3. The first-order valence-corrected chi connectivity index (χ1v) is 8.20. The van der Waals surface area contributed by atoms with Gasteiger partial charge in [-0.25, -0.2) is 4.79 Å². The first-order chi connectivity index (χ1) is 11.4. The van der Waals surface area contributed by atoms with E-state index < -0.39 is 12.6 Å². The number of urea groups is 1. The normalized spacial score (nSPS) is 24.4. The van der Waals surface area contributed by atoms with Gasteiger partial charge in [-0.05, 0) is 42.4 Å². The third-order valence-corrected chi connectivity index (χ3v) is 4.75. The highest BCUT2D eigenvalue weighted by molar-refractivity contribution is 5.89. The largest absolute Gasteiger partial charge is 0.393 e. The van der Waals surface area contributed by atoms with Crippen LogP contribution in [0.3, 0.4) is 0 Å². The van der Waals surface area contributed by atoms with E-state index >= 15 is 0 Å². The number of alkyl halides is 3. The molecule has 1 aromatic rings. The van der Waals surface area contributed by atoms with Gasteiger partial charge in [0.1, 0.15) is 0 Å². The molecule has 7 heteroatoms. The van der Waals surface area contributed by atoms with Crippen molar-refractivity contribution in [2.45, 2.75) is 25.4 Å². The number of anilines is 1. The Kier molecular flexibility index (Phi) is 4.99. The summed E-state index contributed by atoms with van der Waals surface area (Å²) in [6.07, 6.45) is -3.15. The molecule has 0 radical (unpaired) electrons. The highest BCUT2D eigenvalue weighted by Gasteiger charge is 2.33. The predicted molar refractivity (Wildman–Crippen MR) is 83.8 cm³/mol. The lowest BCUT2D eigenvalue weighted by molar-refractivity contribution is -0.127. The molecular formula is C17H21F3N2O2. The second kappa shape index (κ2) is 7.01. The Morgan fingerprint density at radius 2 is 1.96 bits per heavy atom. The third kappa shape index (κ3) is 4.41. The van der Waals surface area contributed by atoms with Crippen molar-refractivity contribution in [3.8, 4) is 0 Å². The van der Waals surface area contributed by atoms with E-state index in [9.17, 15) is 18.0 Å². The summed E-state index contributed by atoms with van der Waals surface area (Å²) in [4.78, 5) is 14.1. The van der Waals surface area contributed by atoms with Crippen LogP contribution in [0.15, 0.2) is 24.3 Å². The lowest BCUT2D eigenvalue weighted by atomic mass is 9.91. The van der Waals surface area contributed by atoms with Crippen molar-refractivity contribution in [2.75, 3.05) is 31.6 Å². The van der Waals surface area contributed by atoms with Crippen molar-refractivity contribution in [3.63, 3.8) is 0 Å². The number of halogens is 3. The molecule has 2 saturated heterocycles. The quantitative estimate of drug-likeness (QED) is 0.910. The Morgan fingerprint density at radius 3 is 2.58 bits per heavy atom. The summed E-state index contributed by atoms with van der Waals surface area (Å²) >= 11 is 0. The van der Waals surface area contributed by atoms with Crippen LogP contribution in [0.5, 0.6) is 0 Å². The Bertz CT molecular complexity index is 568. The predicted octanol–water partition coefficient (Wildman–Crippen LogP) is 3.68. The summed E-state index contributed by atoms with van der Waals surface area (Å²) < 4.78 is 42.4. The fraction of sp³-hybridized carbons (Fsp3) is 0.588. The molecule has 2 amide bonds. The molecule has 4 nitrogen and oxygen atoms in total. The second-order valence-corrected chi connectivity index (χ2v) is 6.54. The van der Waals surface area contributed by atoms with Crippen LogP contribution in [0.2, 0.25) is 0 Å². The standard InChI is InChI=1S/C17H21F3N2O2/c18-17(19,20)9-12-1-3-15(4-2-12)21-16(23)22-7-5-13(10-22)14-6-8-24-11-14/h1-4,13-14H,5-11H2,(H,21,23). The van der Waals surface area contributed by atoms with Gasteiger partial charge < -0.3 is 15.0 Å². The van der Waals surface area contributed by atoms with Gasteiger partial charge in [0.05, 0.1) is 6.42 Å². The molecule has 2 unspecified atom stereocenters. The van der Waals surface area contributed by atoms with Gasteiger partial charge in [0.2, 0.25) is 0 Å². The van der Waals surface area contributed by atoms with Gasteiger partial charge in [-0.2, -0.15) is 13.2 Å². The molecule has 2 atom stereocenters. The van der Waals surface area contributed by atoms with Gasteiger partial charge in [0, 0.05) is 32.0 Å². The molecular weight excluding hydrogens is 321 g/mol. The van der Waals surface area contributed by atoms with Gasteiger partial charge in [-0.3, -0.25) is 0 Å². The first-order valence-electron chi connectivity index (χ1n) is 8.20. The lowest BCUT2D eigenvalue weighted by Gasteiger charge is -2.19. The van der Waals surface area contributed by atoms with Crippen molar-refractivity contribution < 1.29 is 22.7 Å². The second-order valence-electron chi connectivity index (χ2n) is 6.54. The van der Waals surface area contributed by atoms with Gasteiger partial charge in [0.25, 0.3) is 0 Å². The number of carbonyl (C=O) groups is 1. The average molecular weight is 342 g/mol. The van der Waals surface area contributed by atoms with Crippen LogP contribution in [0, 0.1) is 11.8 Å². The van der Waals surface area contributed by atoms with Crippen molar-refractivity contribution >= 4 is 11.7 Å². The van der Waals surface area contributed by atoms with Crippen LogP contribution in [0.4, 0.5) is 23.7 Å². The molecule has 3 rings (SSSR count). The molecule has 2 heterocycles. The molecule has 132 valence electrons. The van der Waals surface area contributed by atoms with E-state index in [1.54, 1.807) is 4.90 Å². The topological polar surface area (TPSA) is 41.6 Å². The van der Waals surface area contributed by atoms with E-state index in [-0.39, 0.29) is 11.6 Å². The maximum Gasteiger partial charge on any atom is 0.393 e. The summed E-state index contributed by atoms with van der Waals surface area (Å²) in [5.74, 6) is 1.01. The summed E-state index contributed by atoms with van der Waals surface area (Å²) in [7, 11) is 0. The minimum absolute atomic E-state index is 0.183. The van der Waals surface area contributed by atoms with Gasteiger partial charge in [-0.1, -0.05) is 12.1 Å². The van der Waals surface area contributed by atoms with E-state index in [4.69, 9.17) is 4.74 Å². The van der Waals surface area contributed by atoms with Crippen molar-refractivity contribution in [2.24, 2.45) is 11.8 Å². The third-order valence-electron chi connectivity index (χ3n) is 4.75. The molecule has 1 aromatic carbocycles. The Morgan fingerprint density at radius 1 is 1.21 bits per heavy atom. The molecule has 24 heavy (non-hydrogen) atoms. The van der Waals surface area contributed by atoms with E-state index in [1.807, 2.05) is 0 Å². The monoisotopic (exact) mass is 342 g/mol. The Hall–Kier alpha value is -1.76. The van der Waals surface area contributed by atoms with Crippen molar-refractivity contribution in [3.05, 3.63) is 29.8 Å².